The first-order chi connectivity index (χ1) is 9.60. The van der Waals surface area contributed by atoms with Crippen LogP contribution >= 0.6 is 0 Å². The van der Waals surface area contributed by atoms with E-state index in [-0.39, 0.29) is 24.2 Å². The van der Waals surface area contributed by atoms with Crippen LogP contribution in [0, 0.1) is 11.7 Å². The summed E-state index contributed by atoms with van der Waals surface area (Å²) in [5.74, 6) is -0.105. The van der Waals surface area contributed by atoms with E-state index in [4.69, 9.17) is 0 Å². The van der Waals surface area contributed by atoms with E-state index in [1.807, 2.05) is 0 Å². The molecular formula is C16H20FNO2. The molecule has 1 aliphatic heterocycles. The number of rotatable bonds is 3. The minimum absolute atomic E-state index is 0.00697. The molecule has 0 aromatic heterocycles. The third-order valence-electron chi connectivity index (χ3n) is 3.65. The number of piperidine rings is 1. The summed E-state index contributed by atoms with van der Waals surface area (Å²) in [6, 6.07) is 6.07. The zero-order valence-corrected chi connectivity index (χ0v) is 11.7. The lowest BCUT2D eigenvalue weighted by Crippen LogP contribution is -2.41. The van der Waals surface area contributed by atoms with E-state index >= 15 is 0 Å². The highest BCUT2D eigenvalue weighted by molar-refractivity contribution is 5.97. The molecule has 1 aromatic rings. The molecule has 20 heavy (non-hydrogen) atoms. The summed E-state index contributed by atoms with van der Waals surface area (Å²) in [5.41, 5.74) is 1.45. The van der Waals surface area contributed by atoms with Crippen LogP contribution < -0.4 is 0 Å². The number of hydrogen-bond acceptors (Lipinski definition) is 2. The van der Waals surface area contributed by atoms with E-state index in [0.29, 0.717) is 12.1 Å². The van der Waals surface area contributed by atoms with Gasteiger partial charge in [0.2, 0.25) is 5.91 Å². The molecule has 2 rings (SSSR count). The molecule has 3 nitrogen and oxygen atoms in total. The fraction of sp³-hybridized carbons (Fsp3) is 0.438. The van der Waals surface area contributed by atoms with Gasteiger partial charge < -0.3 is 10.0 Å². The maximum atomic E-state index is 12.8. The molecule has 0 spiro atoms. The van der Waals surface area contributed by atoms with Crippen LogP contribution in [-0.4, -0.2) is 35.6 Å². The molecular weight excluding hydrogens is 257 g/mol. The van der Waals surface area contributed by atoms with Crippen LogP contribution in [0.15, 0.2) is 29.8 Å². The van der Waals surface area contributed by atoms with E-state index in [2.05, 4.69) is 0 Å². The molecule has 108 valence electrons. The molecule has 1 aliphatic rings. The van der Waals surface area contributed by atoms with Crippen molar-refractivity contribution >= 4 is 12.0 Å². The number of halogens is 1. The van der Waals surface area contributed by atoms with Crippen LogP contribution in [0.1, 0.15) is 25.3 Å². The molecule has 0 aliphatic carbocycles. The van der Waals surface area contributed by atoms with Gasteiger partial charge in [0.25, 0.3) is 0 Å². The van der Waals surface area contributed by atoms with Gasteiger partial charge in [0.1, 0.15) is 5.82 Å². The van der Waals surface area contributed by atoms with Crippen molar-refractivity contribution < 1.29 is 14.3 Å². The Balaban J connectivity index is 2.05. The summed E-state index contributed by atoms with van der Waals surface area (Å²) >= 11 is 0. The van der Waals surface area contributed by atoms with Crippen molar-refractivity contribution in [3.05, 3.63) is 41.2 Å². The molecule has 0 bridgehead atoms. The minimum atomic E-state index is -0.284. The summed E-state index contributed by atoms with van der Waals surface area (Å²) in [7, 11) is 0. The summed E-state index contributed by atoms with van der Waals surface area (Å²) < 4.78 is 12.8. The quantitative estimate of drug-likeness (QED) is 0.862. The predicted molar refractivity (Wildman–Crippen MR) is 76.4 cm³/mol. The Morgan fingerprint density at radius 2 is 2.15 bits per heavy atom. The van der Waals surface area contributed by atoms with Crippen molar-refractivity contribution in [2.24, 2.45) is 5.92 Å². The minimum Gasteiger partial charge on any atom is -0.396 e. The fourth-order valence-corrected chi connectivity index (χ4v) is 2.52. The molecule has 1 heterocycles. The van der Waals surface area contributed by atoms with Crippen LogP contribution in [0.3, 0.4) is 0 Å². The summed E-state index contributed by atoms with van der Waals surface area (Å²) in [6.45, 7) is 3.26. The van der Waals surface area contributed by atoms with Gasteiger partial charge in [-0.25, -0.2) is 4.39 Å². The van der Waals surface area contributed by atoms with Crippen molar-refractivity contribution in [1.29, 1.82) is 0 Å². The molecule has 1 aromatic carbocycles. The normalized spacial score (nSPS) is 20.1. The first-order valence-corrected chi connectivity index (χ1v) is 6.94. The van der Waals surface area contributed by atoms with Gasteiger partial charge in [-0.3, -0.25) is 4.79 Å². The van der Waals surface area contributed by atoms with Crippen molar-refractivity contribution in [2.75, 3.05) is 19.7 Å². The van der Waals surface area contributed by atoms with Crippen LogP contribution in [0.4, 0.5) is 4.39 Å². The number of benzene rings is 1. The second kappa shape index (κ2) is 6.66. The number of aliphatic hydroxyl groups is 1. The Morgan fingerprint density at radius 3 is 2.80 bits per heavy atom. The Kier molecular flexibility index (Phi) is 4.90. The Labute approximate surface area is 118 Å². The van der Waals surface area contributed by atoms with Gasteiger partial charge in [-0.2, -0.15) is 0 Å². The summed E-state index contributed by atoms with van der Waals surface area (Å²) in [6.07, 6.45) is 3.67. The highest BCUT2D eigenvalue weighted by Crippen LogP contribution is 2.18. The zero-order valence-electron chi connectivity index (χ0n) is 11.7. The number of carbonyl (C=O) groups excluding carboxylic acids is 1. The third-order valence-corrected chi connectivity index (χ3v) is 3.65. The Hall–Kier alpha value is -1.68. The van der Waals surface area contributed by atoms with Crippen LogP contribution in [-0.2, 0) is 4.79 Å². The van der Waals surface area contributed by atoms with Gasteiger partial charge in [0.15, 0.2) is 0 Å². The molecule has 0 saturated carbocycles. The number of hydrogen-bond donors (Lipinski definition) is 1. The average Bonchev–Trinajstić information content (AvgIpc) is 2.48. The summed E-state index contributed by atoms with van der Waals surface area (Å²) in [5, 5.41) is 9.20. The Bertz CT molecular complexity index is 496. The Morgan fingerprint density at radius 1 is 1.45 bits per heavy atom. The maximum Gasteiger partial charge on any atom is 0.249 e. The highest BCUT2D eigenvalue weighted by atomic mass is 19.1. The molecule has 4 heteroatoms. The molecule has 1 fully saturated rings. The number of likely N-dealkylation sites (tertiary alicyclic amines) is 1. The summed E-state index contributed by atoms with van der Waals surface area (Å²) in [4.78, 5) is 14.1. The zero-order chi connectivity index (χ0) is 14.5. The molecule has 1 amide bonds. The van der Waals surface area contributed by atoms with Crippen LogP contribution in [0.5, 0.6) is 0 Å². The second-order valence-corrected chi connectivity index (χ2v) is 5.32. The van der Waals surface area contributed by atoms with E-state index in [0.717, 1.165) is 24.9 Å². The highest BCUT2D eigenvalue weighted by Gasteiger charge is 2.23. The monoisotopic (exact) mass is 277 g/mol. The number of carbonyl (C=O) groups is 1. The lowest BCUT2D eigenvalue weighted by atomic mass is 9.98. The van der Waals surface area contributed by atoms with Crippen molar-refractivity contribution in [3.8, 4) is 0 Å². The number of aliphatic hydroxyl groups excluding tert-OH is 1. The smallest absolute Gasteiger partial charge is 0.249 e. The van der Waals surface area contributed by atoms with E-state index in [1.165, 1.54) is 12.1 Å². The fourth-order valence-electron chi connectivity index (χ4n) is 2.52. The first kappa shape index (κ1) is 14.7. The maximum absolute atomic E-state index is 12.8. The van der Waals surface area contributed by atoms with E-state index < -0.39 is 0 Å². The molecule has 1 unspecified atom stereocenters. The largest absolute Gasteiger partial charge is 0.396 e. The average molecular weight is 277 g/mol. The van der Waals surface area contributed by atoms with Crippen molar-refractivity contribution in [2.45, 2.75) is 19.8 Å². The molecule has 0 radical (unpaired) electrons. The standard InChI is InChI=1S/C16H20FNO2/c1-12(9-13-4-6-15(17)7-5-13)16(20)18-8-2-3-14(10-18)11-19/h4-7,9,14,19H,2-3,8,10-11H2,1H3/b12-9-. The number of amides is 1. The predicted octanol–water partition coefficient (Wildman–Crippen LogP) is 2.46. The molecule has 1 N–H and O–H groups in total. The lowest BCUT2D eigenvalue weighted by Gasteiger charge is -2.32. The lowest BCUT2D eigenvalue weighted by molar-refractivity contribution is -0.129. The first-order valence-electron chi connectivity index (χ1n) is 6.94. The second-order valence-electron chi connectivity index (χ2n) is 5.32. The van der Waals surface area contributed by atoms with Gasteiger partial charge in [-0.1, -0.05) is 12.1 Å². The van der Waals surface area contributed by atoms with Crippen LogP contribution in [0.2, 0.25) is 0 Å². The SMILES string of the molecule is C/C(=C/c1ccc(F)cc1)C(=O)N1CCCC(CO)C1. The van der Waals surface area contributed by atoms with Crippen molar-refractivity contribution in [3.63, 3.8) is 0 Å². The van der Waals surface area contributed by atoms with Crippen LogP contribution in [0.25, 0.3) is 6.08 Å². The van der Waals surface area contributed by atoms with Gasteiger partial charge in [-0.05, 0) is 49.5 Å². The van der Waals surface area contributed by atoms with Gasteiger partial charge in [-0.15, -0.1) is 0 Å². The number of nitrogens with zero attached hydrogens (tertiary/aromatic N) is 1. The van der Waals surface area contributed by atoms with Gasteiger partial charge in [0.05, 0.1) is 0 Å². The molecule has 1 atom stereocenters. The van der Waals surface area contributed by atoms with Crippen molar-refractivity contribution in [1.82, 2.24) is 4.90 Å². The topological polar surface area (TPSA) is 40.5 Å². The third kappa shape index (κ3) is 3.67. The van der Waals surface area contributed by atoms with E-state index in [1.54, 1.807) is 30.0 Å². The molecule has 1 saturated heterocycles. The van der Waals surface area contributed by atoms with Gasteiger partial charge in [0, 0.05) is 25.3 Å². The van der Waals surface area contributed by atoms with E-state index in [9.17, 15) is 14.3 Å². The van der Waals surface area contributed by atoms with Gasteiger partial charge >= 0.3 is 0 Å².